The fraction of sp³-hybridized carbons (Fsp3) is 0.241. The van der Waals surface area contributed by atoms with Crippen molar-refractivity contribution in [3.63, 3.8) is 0 Å². The van der Waals surface area contributed by atoms with Crippen molar-refractivity contribution in [1.29, 1.82) is 0 Å². The molecule has 0 atom stereocenters. The number of esters is 2. The largest absolute Gasteiger partial charge is 0.494 e. The van der Waals surface area contributed by atoms with Crippen LogP contribution in [0.3, 0.4) is 0 Å². The van der Waals surface area contributed by atoms with E-state index in [2.05, 4.69) is 0 Å². The van der Waals surface area contributed by atoms with E-state index in [0.29, 0.717) is 23.4 Å². The van der Waals surface area contributed by atoms with E-state index in [9.17, 15) is 31.5 Å². The summed E-state index contributed by atoms with van der Waals surface area (Å²) in [5.74, 6) is -5.57. The Hall–Kier alpha value is -4.61. The lowest BCUT2D eigenvalue weighted by molar-refractivity contribution is -0.284. The molecule has 4 N–H and O–H groups in total. The number of hydrogen-bond donors (Lipinski definition) is 2. The van der Waals surface area contributed by atoms with Gasteiger partial charge in [0.05, 0.1) is 18.8 Å². The highest BCUT2D eigenvalue weighted by Gasteiger charge is 2.56. The Morgan fingerprint density at radius 3 is 2.12 bits per heavy atom. The van der Waals surface area contributed by atoms with Crippen molar-refractivity contribution >= 4 is 29.4 Å². The Morgan fingerprint density at radius 1 is 0.829 bits per heavy atom. The number of anilines is 2. The quantitative estimate of drug-likeness (QED) is 0.0655. The number of rotatable bonds is 12. The van der Waals surface area contributed by atoms with Crippen LogP contribution in [-0.2, 0) is 16.0 Å². The number of nitrogen functional groups attached to an aromatic ring is 2. The van der Waals surface area contributed by atoms with Crippen LogP contribution < -0.4 is 20.9 Å². The number of ether oxygens (including phenoxy) is 3. The lowest BCUT2D eigenvalue weighted by Crippen LogP contribution is -2.36. The van der Waals surface area contributed by atoms with Gasteiger partial charge in [-0.15, -0.1) is 0 Å². The zero-order valence-corrected chi connectivity index (χ0v) is 21.6. The fourth-order valence-corrected chi connectivity index (χ4v) is 3.44. The van der Waals surface area contributed by atoms with Gasteiger partial charge in [0.2, 0.25) is 0 Å². The molecule has 0 heterocycles. The van der Waals surface area contributed by atoms with E-state index in [0.717, 1.165) is 5.56 Å². The van der Waals surface area contributed by atoms with Gasteiger partial charge < -0.3 is 25.7 Å². The van der Waals surface area contributed by atoms with Crippen LogP contribution in [0.4, 0.5) is 33.3 Å². The molecule has 0 saturated carbocycles. The molecule has 0 aliphatic carbocycles. The Labute approximate surface area is 232 Å². The summed E-state index contributed by atoms with van der Waals surface area (Å²) in [6.07, 6.45) is -4.26. The van der Waals surface area contributed by atoms with Crippen molar-refractivity contribution in [2.45, 2.75) is 31.4 Å². The summed E-state index contributed by atoms with van der Waals surface area (Å²) in [4.78, 5) is 24.4. The molecule has 0 spiro atoms. The first-order valence-corrected chi connectivity index (χ1v) is 12.3. The van der Waals surface area contributed by atoms with Crippen LogP contribution in [0.1, 0.15) is 34.3 Å². The number of hydrogen-bond acceptors (Lipinski definition) is 7. The minimum atomic E-state index is -5.60. The zero-order chi connectivity index (χ0) is 30.0. The van der Waals surface area contributed by atoms with Crippen molar-refractivity contribution in [3.8, 4) is 11.5 Å². The standard InChI is InChI=1S/C29H27F5N2O5/c30-28(31,29(32,33)34)15-1-16-39-23-11-6-21(7-12-23)27(38)41-24-9-2-19(3-10-24)4-13-26(37)40-17-14-20-5-8-22(35)18-25(20)36/h2-13,18H,1,14-17,35-36H2/b13-4+. The van der Waals surface area contributed by atoms with Gasteiger partial charge in [-0.2, -0.15) is 22.0 Å². The van der Waals surface area contributed by atoms with Crippen LogP contribution in [0.5, 0.6) is 11.5 Å². The molecular formula is C29H27F5N2O5. The lowest BCUT2D eigenvalue weighted by Gasteiger charge is -2.19. The smallest absolute Gasteiger partial charge is 0.453 e. The average molecular weight is 579 g/mol. The van der Waals surface area contributed by atoms with Crippen LogP contribution in [0, 0.1) is 0 Å². The minimum Gasteiger partial charge on any atom is -0.494 e. The lowest BCUT2D eigenvalue weighted by atomic mass is 10.1. The molecular weight excluding hydrogens is 551 g/mol. The van der Waals surface area contributed by atoms with Crippen LogP contribution in [0.2, 0.25) is 0 Å². The van der Waals surface area contributed by atoms with E-state index in [4.69, 9.17) is 25.7 Å². The van der Waals surface area contributed by atoms with E-state index in [-0.39, 0.29) is 30.3 Å². The first kappa shape index (κ1) is 30.9. The molecule has 0 aliphatic heterocycles. The summed E-state index contributed by atoms with van der Waals surface area (Å²) in [7, 11) is 0. The van der Waals surface area contributed by atoms with E-state index in [1.165, 1.54) is 48.6 Å². The minimum absolute atomic E-state index is 0.139. The zero-order valence-electron chi connectivity index (χ0n) is 21.6. The summed E-state index contributed by atoms with van der Waals surface area (Å²) in [6, 6.07) is 16.9. The molecule has 0 fully saturated rings. The number of carbonyl (C=O) groups is 2. The van der Waals surface area contributed by atoms with Crippen LogP contribution in [-0.4, -0.2) is 37.3 Å². The van der Waals surface area contributed by atoms with Crippen molar-refractivity contribution in [3.05, 3.63) is 89.5 Å². The van der Waals surface area contributed by atoms with Crippen molar-refractivity contribution in [2.24, 2.45) is 0 Å². The second-order valence-corrected chi connectivity index (χ2v) is 8.85. The molecule has 7 nitrogen and oxygen atoms in total. The Balaban J connectivity index is 1.41. The maximum Gasteiger partial charge on any atom is 0.453 e. The molecule has 218 valence electrons. The molecule has 12 heteroatoms. The third-order valence-electron chi connectivity index (χ3n) is 5.70. The van der Waals surface area contributed by atoms with Gasteiger partial charge in [0.1, 0.15) is 11.5 Å². The number of nitrogens with two attached hydrogens (primary N) is 2. The van der Waals surface area contributed by atoms with Crippen LogP contribution >= 0.6 is 0 Å². The molecule has 41 heavy (non-hydrogen) atoms. The number of carbonyl (C=O) groups excluding carboxylic acids is 2. The molecule has 0 unspecified atom stereocenters. The molecule has 3 aromatic rings. The van der Waals surface area contributed by atoms with Gasteiger partial charge >= 0.3 is 24.0 Å². The van der Waals surface area contributed by atoms with E-state index < -0.39 is 36.9 Å². The van der Waals surface area contributed by atoms with Gasteiger partial charge in [0.15, 0.2) is 0 Å². The van der Waals surface area contributed by atoms with Gasteiger partial charge in [0, 0.05) is 30.3 Å². The highest BCUT2D eigenvalue weighted by atomic mass is 19.4. The normalized spacial score (nSPS) is 11.8. The maximum atomic E-state index is 12.9. The molecule has 0 aromatic heterocycles. The summed E-state index contributed by atoms with van der Waals surface area (Å²) in [5, 5.41) is 0. The molecule has 0 saturated heterocycles. The summed E-state index contributed by atoms with van der Waals surface area (Å²) in [5.41, 5.74) is 14.2. The third kappa shape index (κ3) is 9.52. The topological polar surface area (TPSA) is 114 Å². The van der Waals surface area contributed by atoms with E-state index in [1.807, 2.05) is 0 Å². The van der Waals surface area contributed by atoms with Crippen LogP contribution in [0.25, 0.3) is 6.08 Å². The first-order chi connectivity index (χ1) is 19.3. The first-order valence-electron chi connectivity index (χ1n) is 12.3. The Kier molecular flexibility index (Phi) is 10.3. The van der Waals surface area contributed by atoms with Crippen molar-refractivity contribution in [2.75, 3.05) is 24.7 Å². The monoisotopic (exact) mass is 578 g/mol. The molecule has 0 bridgehead atoms. The maximum absolute atomic E-state index is 12.9. The molecule has 3 aromatic carbocycles. The fourth-order valence-electron chi connectivity index (χ4n) is 3.44. The van der Waals surface area contributed by atoms with Gasteiger partial charge in [-0.05, 0) is 72.2 Å². The van der Waals surface area contributed by atoms with Crippen molar-refractivity contribution in [1.82, 2.24) is 0 Å². The Bertz CT molecular complexity index is 1360. The second-order valence-electron chi connectivity index (χ2n) is 8.85. The van der Waals surface area contributed by atoms with Gasteiger partial charge in [-0.1, -0.05) is 18.2 Å². The second kappa shape index (κ2) is 13.6. The SMILES string of the molecule is Nc1ccc(CCOC(=O)/C=C/c2ccc(OC(=O)c3ccc(OCCCC(F)(F)C(F)(F)F)cc3)cc2)c(N)c1. The predicted octanol–water partition coefficient (Wildman–Crippen LogP) is 6.23. The third-order valence-corrected chi connectivity index (χ3v) is 5.70. The Morgan fingerprint density at radius 2 is 1.49 bits per heavy atom. The summed E-state index contributed by atoms with van der Waals surface area (Å²) in [6.45, 7) is -0.215. The van der Waals surface area contributed by atoms with Gasteiger partial charge in [-0.25, -0.2) is 9.59 Å². The number of alkyl halides is 5. The molecule has 3 rings (SSSR count). The summed E-state index contributed by atoms with van der Waals surface area (Å²) < 4.78 is 78.0. The van der Waals surface area contributed by atoms with Gasteiger partial charge in [-0.3, -0.25) is 0 Å². The number of halogens is 5. The highest BCUT2D eigenvalue weighted by Crippen LogP contribution is 2.38. The number of benzene rings is 3. The van der Waals surface area contributed by atoms with Crippen molar-refractivity contribution < 1.29 is 45.8 Å². The van der Waals surface area contributed by atoms with E-state index in [1.54, 1.807) is 30.3 Å². The van der Waals surface area contributed by atoms with Gasteiger partial charge in [0.25, 0.3) is 0 Å². The molecule has 0 aliphatic rings. The van der Waals surface area contributed by atoms with Crippen LogP contribution in [0.15, 0.2) is 72.8 Å². The van der Waals surface area contributed by atoms with E-state index >= 15 is 0 Å². The molecule has 0 amide bonds. The summed E-state index contributed by atoms with van der Waals surface area (Å²) >= 11 is 0. The predicted molar refractivity (Wildman–Crippen MR) is 143 cm³/mol. The average Bonchev–Trinajstić information content (AvgIpc) is 2.91. The highest BCUT2D eigenvalue weighted by molar-refractivity contribution is 5.91. The molecule has 0 radical (unpaired) electrons.